The SMILES string of the molecule is CCN(C[C@@H](N)Cc1ccccc1)S(=O)(=O)N1C[C@H](CCCB(O)O)[C@](N)(C(=O)O)C1. The number of hydrogen-bond acceptors (Lipinski definition) is 7. The molecule has 1 heterocycles. The molecule has 0 saturated carbocycles. The van der Waals surface area contributed by atoms with E-state index in [0.29, 0.717) is 12.8 Å². The number of nitrogens with two attached hydrogens (primary N) is 2. The highest BCUT2D eigenvalue weighted by atomic mass is 32.2. The Morgan fingerprint density at radius 1 is 1.35 bits per heavy atom. The third-order valence-corrected chi connectivity index (χ3v) is 7.78. The predicted octanol–water partition coefficient (Wildman–Crippen LogP) is -0.910. The van der Waals surface area contributed by atoms with Crippen molar-refractivity contribution in [2.45, 2.75) is 44.1 Å². The Bertz CT molecular complexity index is 828. The van der Waals surface area contributed by atoms with Gasteiger partial charge in [-0.3, -0.25) is 4.79 Å². The molecular formula is C19H33BN4O6S. The molecule has 1 aliphatic rings. The maximum absolute atomic E-state index is 13.3. The summed E-state index contributed by atoms with van der Waals surface area (Å²) >= 11 is 0. The smallest absolute Gasteiger partial charge is 0.451 e. The third-order valence-electron chi connectivity index (χ3n) is 5.79. The standard InChI is InChI=1S/C19H33BN4O6S/c1-2-23(13-17(21)11-15-7-4-3-5-8-15)31(29,30)24-12-16(9-6-10-20(27)28)19(22,14-24)18(25)26/h3-5,7-8,16-17,27-28H,2,6,9-14,21-22H2,1H3,(H,25,26)/t16-,17-,19-/m0/s1. The van der Waals surface area contributed by atoms with Crippen molar-refractivity contribution >= 4 is 23.3 Å². The number of carboxylic acids is 1. The van der Waals surface area contributed by atoms with Gasteiger partial charge in [-0.1, -0.05) is 43.7 Å². The molecule has 1 aromatic carbocycles. The van der Waals surface area contributed by atoms with Gasteiger partial charge in [-0.05, 0) is 24.7 Å². The predicted molar refractivity (Wildman–Crippen MR) is 118 cm³/mol. The Kier molecular flexibility index (Phi) is 9.01. The minimum Gasteiger partial charge on any atom is -0.480 e. The van der Waals surface area contributed by atoms with E-state index in [1.807, 2.05) is 30.3 Å². The Labute approximate surface area is 184 Å². The van der Waals surface area contributed by atoms with Gasteiger partial charge in [0.15, 0.2) is 0 Å². The van der Waals surface area contributed by atoms with E-state index in [4.69, 9.17) is 21.5 Å². The maximum Gasteiger partial charge on any atom is 0.451 e. The number of rotatable bonds is 12. The molecule has 0 unspecified atom stereocenters. The van der Waals surface area contributed by atoms with Crippen LogP contribution in [0.25, 0.3) is 0 Å². The zero-order chi connectivity index (χ0) is 23.2. The van der Waals surface area contributed by atoms with Gasteiger partial charge >= 0.3 is 13.1 Å². The molecule has 3 atom stereocenters. The van der Waals surface area contributed by atoms with Crippen LogP contribution in [0, 0.1) is 5.92 Å². The summed E-state index contributed by atoms with van der Waals surface area (Å²) in [5.41, 5.74) is 11.6. The second kappa shape index (κ2) is 10.9. The molecule has 2 rings (SSSR count). The summed E-state index contributed by atoms with van der Waals surface area (Å²) in [7, 11) is -5.47. The van der Waals surface area contributed by atoms with E-state index in [-0.39, 0.29) is 38.9 Å². The number of nitrogens with zero attached hydrogens (tertiary/aromatic N) is 2. The van der Waals surface area contributed by atoms with Crippen molar-refractivity contribution in [1.82, 2.24) is 8.61 Å². The summed E-state index contributed by atoms with van der Waals surface area (Å²) in [4.78, 5) is 11.8. The van der Waals surface area contributed by atoms with Crippen LogP contribution in [-0.2, 0) is 21.4 Å². The Morgan fingerprint density at radius 2 is 2.00 bits per heavy atom. The topological polar surface area (TPSA) is 170 Å². The number of benzene rings is 1. The lowest BCUT2D eigenvalue weighted by molar-refractivity contribution is -0.144. The molecule has 10 nitrogen and oxygen atoms in total. The molecule has 1 saturated heterocycles. The van der Waals surface area contributed by atoms with E-state index in [1.165, 1.54) is 4.31 Å². The van der Waals surface area contributed by atoms with Crippen LogP contribution in [0.15, 0.2) is 30.3 Å². The van der Waals surface area contributed by atoms with Gasteiger partial charge < -0.3 is 26.6 Å². The molecule has 31 heavy (non-hydrogen) atoms. The molecule has 1 fully saturated rings. The average molecular weight is 456 g/mol. The molecular weight excluding hydrogens is 423 g/mol. The lowest BCUT2D eigenvalue weighted by atomic mass is 9.78. The Balaban J connectivity index is 2.11. The minimum absolute atomic E-state index is 0.0446. The fourth-order valence-corrected chi connectivity index (χ4v) is 5.78. The molecule has 0 bridgehead atoms. The summed E-state index contributed by atoms with van der Waals surface area (Å²) in [5.74, 6) is -1.92. The van der Waals surface area contributed by atoms with Gasteiger partial charge in [-0.25, -0.2) is 0 Å². The molecule has 1 aliphatic heterocycles. The average Bonchev–Trinajstić information content (AvgIpc) is 3.05. The van der Waals surface area contributed by atoms with E-state index in [0.717, 1.165) is 9.87 Å². The van der Waals surface area contributed by atoms with Crippen molar-refractivity contribution in [3.05, 3.63) is 35.9 Å². The zero-order valence-electron chi connectivity index (χ0n) is 17.8. The molecule has 174 valence electrons. The Hall–Kier alpha value is -1.54. The maximum atomic E-state index is 13.3. The van der Waals surface area contributed by atoms with Crippen LogP contribution in [0.4, 0.5) is 0 Å². The highest BCUT2D eigenvalue weighted by molar-refractivity contribution is 7.86. The first kappa shape index (κ1) is 25.7. The van der Waals surface area contributed by atoms with Crippen LogP contribution in [0.3, 0.4) is 0 Å². The van der Waals surface area contributed by atoms with E-state index in [1.54, 1.807) is 6.92 Å². The van der Waals surface area contributed by atoms with Crippen LogP contribution in [0.2, 0.25) is 6.32 Å². The fraction of sp³-hybridized carbons (Fsp3) is 0.632. The number of likely N-dealkylation sites (N-methyl/N-ethyl adjacent to an activating group) is 1. The van der Waals surface area contributed by atoms with E-state index >= 15 is 0 Å². The van der Waals surface area contributed by atoms with Gasteiger partial charge in [-0.2, -0.15) is 17.0 Å². The van der Waals surface area contributed by atoms with Crippen molar-refractivity contribution in [2.75, 3.05) is 26.2 Å². The first-order chi connectivity index (χ1) is 14.5. The van der Waals surface area contributed by atoms with Crippen LogP contribution in [0.5, 0.6) is 0 Å². The van der Waals surface area contributed by atoms with Crippen molar-refractivity contribution in [2.24, 2.45) is 17.4 Å². The summed E-state index contributed by atoms with van der Waals surface area (Å²) in [6.07, 6.45) is 1.16. The van der Waals surface area contributed by atoms with Gasteiger partial charge in [0.25, 0.3) is 10.2 Å². The molecule has 0 radical (unpaired) electrons. The summed E-state index contributed by atoms with van der Waals surface area (Å²) in [5, 5.41) is 27.7. The molecule has 0 aromatic heterocycles. The fourth-order valence-electron chi connectivity index (χ4n) is 4.00. The van der Waals surface area contributed by atoms with Gasteiger partial charge in [-0.15, -0.1) is 0 Å². The lowest BCUT2D eigenvalue weighted by Gasteiger charge is -2.29. The number of aliphatic carboxylic acids is 1. The van der Waals surface area contributed by atoms with Gasteiger partial charge in [0.05, 0.1) is 0 Å². The summed E-state index contributed by atoms with van der Waals surface area (Å²) in [6.45, 7) is 1.60. The first-order valence-corrected chi connectivity index (χ1v) is 11.8. The van der Waals surface area contributed by atoms with Gasteiger partial charge in [0.1, 0.15) is 5.54 Å². The zero-order valence-corrected chi connectivity index (χ0v) is 18.6. The molecule has 0 spiro atoms. The highest BCUT2D eigenvalue weighted by Gasteiger charge is 2.53. The number of carboxylic acid groups (broad SMARTS) is 1. The van der Waals surface area contributed by atoms with Crippen molar-refractivity contribution < 1.29 is 28.4 Å². The Morgan fingerprint density at radius 3 is 2.55 bits per heavy atom. The van der Waals surface area contributed by atoms with Gasteiger partial charge in [0, 0.05) is 38.1 Å². The van der Waals surface area contributed by atoms with Crippen molar-refractivity contribution in [3.63, 3.8) is 0 Å². The van der Waals surface area contributed by atoms with Crippen molar-refractivity contribution in [1.29, 1.82) is 0 Å². The van der Waals surface area contributed by atoms with E-state index < -0.39 is 40.8 Å². The van der Waals surface area contributed by atoms with E-state index in [2.05, 4.69) is 0 Å². The van der Waals surface area contributed by atoms with Crippen LogP contribution < -0.4 is 11.5 Å². The monoisotopic (exact) mass is 456 g/mol. The van der Waals surface area contributed by atoms with E-state index in [9.17, 15) is 18.3 Å². The van der Waals surface area contributed by atoms with Crippen LogP contribution in [0.1, 0.15) is 25.3 Å². The molecule has 7 N–H and O–H groups in total. The number of carbonyl (C=O) groups is 1. The molecule has 0 amide bonds. The second-order valence-electron chi connectivity index (χ2n) is 8.15. The minimum atomic E-state index is -3.97. The summed E-state index contributed by atoms with van der Waals surface area (Å²) < 4.78 is 28.9. The van der Waals surface area contributed by atoms with Crippen LogP contribution >= 0.6 is 0 Å². The molecule has 1 aromatic rings. The lowest BCUT2D eigenvalue weighted by Crippen LogP contribution is -2.56. The molecule has 0 aliphatic carbocycles. The van der Waals surface area contributed by atoms with Crippen LogP contribution in [-0.4, -0.2) is 83.0 Å². The molecule has 12 heteroatoms. The third kappa shape index (κ3) is 6.48. The number of hydrogen-bond donors (Lipinski definition) is 5. The quantitative estimate of drug-likeness (QED) is 0.252. The van der Waals surface area contributed by atoms with Gasteiger partial charge in [0.2, 0.25) is 0 Å². The second-order valence-corrected chi connectivity index (χ2v) is 10.1. The largest absolute Gasteiger partial charge is 0.480 e. The summed E-state index contributed by atoms with van der Waals surface area (Å²) in [6, 6.07) is 9.10. The normalized spacial score (nSPS) is 23.2. The van der Waals surface area contributed by atoms with Crippen molar-refractivity contribution in [3.8, 4) is 0 Å². The first-order valence-electron chi connectivity index (χ1n) is 10.4. The highest BCUT2D eigenvalue weighted by Crippen LogP contribution is 2.33.